The van der Waals surface area contributed by atoms with Crippen molar-refractivity contribution in [3.05, 3.63) is 23.8 Å². The summed E-state index contributed by atoms with van der Waals surface area (Å²) in [5.41, 5.74) is 1.64. The maximum absolute atomic E-state index is 2.41. The first-order chi connectivity index (χ1) is 4.93. The second-order valence-electron chi connectivity index (χ2n) is 2.88. The van der Waals surface area contributed by atoms with Crippen molar-refractivity contribution in [1.29, 1.82) is 0 Å². The molecule has 1 aliphatic carbocycles. The fraction of sp³-hybridized carbons (Fsp3) is 0.600. The number of allylic oxidation sites excluding steroid dienone is 4. The normalized spacial score (nSPS) is 19.5. The number of hydrogen-bond acceptors (Lipinski definition) is 0. The first-order valence-electron chi connectivity index (χ1n) is 4.22. The molecule has 0 N–H and O–H groups in total. The smallest absolute Gasteiger partial charge is 0.0139 e. The lowest BCUT2D eigenvalue weighted by atomic mass is 9.97. The minimum Gasteiger partial charge on any atom is -0.0913 e. The molecule has 1 rings (SSSR count). The van der Waals surface area contributed by atoms with Gasteiger partial charge in [0.05, 0.1) is 0 Å². The van der Waals surface area contributed by atoms with E-state index in [4.69, 9.17) is 0 Å². The largest absolute Gasteiger partial charge is 0.0913 e. The Morgan fingerprint density at radius 3 is 3.00 bits per heavy atom. The summed E-state index contributed by atoms with van der Waals surface area (Å²) in [4.78, 5) is 0. The van der Waals surface area contributed by atoms with Gasteiger partial charge >= 0.3 is 0 Å². The third-order valence-electron chi connectivity index (χ3n) is 2.00. The van der Waals surface area contributed by atoms with Crippen LogP contribution in [0.3, 0.4) is 0 Å². The first kappa shape index (κ1) is 7.59. The monoisotopic (exact) mass is 136 g/mol. The molecule has 0 amide bonds. The van der Waals surface area contributed by atoms with Crippen LogP contribution in [0.5, 0.6) is 0 Å². The van der Waals surface area contributed by atoms with Crippen molar-refractivity contribution in [2.75, 3.05) is 0 Å². The van der Waals surface area contributed by atoms with Crippen LogP contribution in [0.4, 0.5) is 0 Å². The van der Waals surface area contributed by atoms with Crippen molar-refractivity contribution < 1.29 is 0 Å². The van der Waals surface area contributed by atoms with E-state index in [9.17, 15) is 0 Å². The Hall–Kier alpha value is -0.520. The van der Waals surface area contributed by atoms with Crippen LogP contribution in [-0.2, 0) is 0 Å². The highest BCUT2D eigenvalue weighted by Gasteiger charge is 1.99. The van der Waals surface area contributed by atoms with Crippen LogP contribution in [0.25, 0.3) is 0 Å². The molecular weight excluding hydrogens is 120 g/mol. The molecule has 0 saturated carbocycles. The first-order valence-corrected chi connectivity index (χ1v) is 4.22. The van der Waals surface area contributed by atoms with Crippen LogP contribution in [-0.4, -0.2) is 0 Å². The number of rotatable bonds is 2. The lowest BCUT2D eigenvalue weighted by Gasteiger charge is -2.09. The van der Waals surface area contributed by atoms with Gasteiger partial charge in [-0.25, -0.2) is 0 Å². The molecule has 0 aromatic rings. The predicted molar refractivity (Wildman–Crippen MR) is 46.0 cm³/mol. The Balaban J connectivity index is 2.31. The van der Waals surface area contributed by atoms with E-state index < -0.39 is 0 Å². The molecule has 0 heteroatoms. The number of hydrogen-bond donors (Lipinski definition) is 0. The van der Waals surface area contributed by atoms with Gasteiger partial charge in [0.1, 0.15) is 0 Å². The Bertz CT molecular complexity index is 140. The lowest BCUT2D eigenvalue weighted by molar-refractivity contribution is 0.691. The van der Waals surface area contributed by atoms with Gasteiger partial charge in [0, 0.05) is 0 Å². The van der Waals surface area contributed by atoms with Crippen molar-refractivity contribution in [2.45, 2.75) is 39.0 Å². The standard InChI is InChI=1S/C10H16/c1-2-3-7-10-8-5-4-6-9-10/h2-3,8H,4-7,9H2,1H3/b3-2+. The molecule has 0 unspecified atom stereocenters. The van der Waals surface area contributed by atoms with Crippen molar-refractivity contribution in [1.82, 2.24) is 0 Å². The topological polar surface area (TPSA) is 0 Å². The van der Waals surface area contributed by atoms with Gasteiger partial charge in [0.2, 0.25) is 0 Å². The molecule has 0 fully saturated rings. The maximum Gasteiger partial charge on any atom is -0.0139 e. The van der Waals surface area contributed by atoms with E-state index in [1.54, 1.807) is 5.57 Å². The molecule has 1 aliphatic rings. The molecule has 10 heavy (non-hydrogen) atoms. The Labute approximate surface area is 63.6 Å². The van der Waals surface area contributed by atoms with E-state index in [1.807, 2.05) is 0 Å². The van der Waals surface area contributed by atoms with Gasteiger partial charge < -0.3 is 0 Å². The van der Waals surface area contributed by atoms with Crippen LogP contribution in [0.2, 0.25) is 0 Å². The van der Waals surface area contributed by atoms with Crippen LogP contribution in [0, 0.1) is 0 Å². The maximum atomic E-state index is 2.41. The summed E-state index contributed by atoms with van der Waals surface area (Å²) in [7, 11) is 0. The van der Waals surface area contributed by atoms with Gasteiger partial charge in [-0.15, -0.1) is 0 Å². The lowest BCUT2D eigenvalue weighted by Crippen LogP contribution is -1.89. The van der Waals surface area contributed by atoms with E-state index >= 15 is 0 Å². The fourth-order valence-electron chi connectivity index (χ4n) is 1.36. The second kappa shape index (κ2) is 4.32. The van der Waals surface area contributed by atoms with Crippen LogP contribution >= 0.6 is 0 Å². The van der Waals surface area contributed by atoms with Gasteiger partial charge in [-0.1, -0.05) is 23.8 Å². The molecular formula is C10H16. The van der Waals surface area contributed by atoms with Gasteiger partial charge in [-0.2, -0.15) is 0 Å². The highest BCUT2D eigenvalue weighted by Crippen LogP contribution is 2.19. The van der Waals surface area contributed by atoms with Gasteiger partial charge in [0.25, 0.3) is 0 Å². The summed E-state index contributed by atoms with van der Waals surface area (Å²) in [5, 5.41) is 0. The third kappa shape index (κ3) is 2.38. The quantitative estimate of drug-likeness (QED) is 0.510. The summed E-state index contributed by atoms with van der Waals surface area (Å²) < 4.78 is 0. The van der Waals surface area contributed by atoms with Gasteiger partial charge in [0.15, 0.2) is 0 Å². The molecule has 56 valence electrons. The average molecular weight is 136 g/mol. The highest BCUT2D eigenvalue weighted by molar-refractivity contribution is 5.09. The van der Waals surface area contributed by atoms with Crippen molar-refractivity contribution in [3.63, 3.8) is 0 Å². The highest BCUT2D eigenvalue weighted by atomic mass is 14.1. The van der Waals surface area contributed by atoms with Crippen LogP contribution < -0.4 is 0 Å². The van der Waals surface area contributed by atoms with E-state index in [0.29, 0.717) is 0 Å². The molecule has 0 radical (unpaired) electrons. The minimum absolute atomic E-state index is 1.19. The van der Waals surface area contributed by atoms with E-state index in [0.717, 1.165) is 0 Å². The summed E-state index contributed by atoms with van der Waals surface area (Å²) in [6.07, 6.45) is 13.4. The van der Waals surface area contributed by atoms with E-state index in [-0.39, 0.29) is 0 Å². The van der Waals surface area contributed by atoms with E-state index in [1.165, 1.54) is 32.1 Å². The molecule has 0 heterocycles. The molecule has 0 nitrogen and oxygen atoms in total. The second-order valence-corrected chi connectivity index (χ2v) is 2.88. The Morgan fingerprint density at radius 1 is 1.50 bits per heavy atom. The van der Waals surface area contributed by atoms with Crippen molar-refractivity contribution in [3.8, 4) is 0 Å². The summed E-state index contributed by atoms with van der Waals surface area (Å²) in [6, 6.07) is 0. The summed E-state index contributed by atoms with van der Waals surface area (Å²) in [6.45, 7) is 2.09. The molecule has 0 bridgehead atoms. The van der Waals surface area contributed by atoms with E-state index in [2.05, 4.69) is 25.2 Å². The molecule has 0 aliphatic heterocycles. The molecule has 0 atom stereocenters. The Morgan fingerprint density at radius 2 is 2.40 bits per heavy atom. The van der Waals surface area contributed by atoms with Crippen LogP contribution in [0.15, 0.2) is 23.8 Å². The Kier molecular flexibility index (Phi) is 3.28. The minimum atomic E-state index is 1.19. The fourth-order valence-corrected chi connectivity index (χ4v) is 1.36. The molecule has 0 saturated heterocycles. The zero-order valence-corrected chi connectivity index (χ0v) is 6.77. The molecule has 0 aromatic heterocycles. The van der Waals surface area contributed by atoms with Crippen molar-refractivity contribution >= 4 is 0 Å². The van der Waals surface area contributed by atoms with Crippen LogP contribution in [0.1, 0.15) is 39.0 Å². The SMILES string of the molecule is C/C=C/CC1=CCCCC1. The molecule has 0 aromatic carbocycles. The third-order valence-corrected chi connectivity index (χ3v) is 2.00. The molecule has 0 spiro atoms. The van der Waals surface area contributed by atoms with Gasteiger partial charge in [-0.3, -0.25) is 0 Å². The zero-order valence-electron chi connectivity index (χ0n) is 6.77. The predicted octanol–water partition coefficient (Wildman–Crippen LogP) is 3.45. The average Bonchev–Trinajstić information content (AvgIpc) is 2.03. The zero-order chi connectivity index (χ0) is 7.23. The summed E-state index contributed by atoms with van der Waals surface area (Å²) in [5.74, 6) is 0. The van der Waals surface area contributed by atoms with Crippen molar-refractivity contribution in [2.24, 2.45) is 0 Å². The summed E-state index contributed by atoms with van der Waals surface area (Å²) >= 11 is 0. The van der Waals surface area contributed by atoms with Gasteiger partial charge in [-0.05, 0) is 39.0 Å².